The minimum atomic E-state index is -0.446. The third kappa shape index (κ3) is 5.27. The second-order valence-corrected chi connectivity index (χ2v) is 7.15. The predicted octanol–water partition coefficient (Wildman–Crippen LogP) is 2.82. The van der Waals surface area contributed by atoms with E-state index in [1.807, 2.05) is 37.3 Å². The summed E-state index contributed by atoms with van der Waals surface area (Å²) in [6, 6.07) is 21.3. The lowest BCUT2D eigenvalue weighted by molar-refractivity contribution is -0.119. The lowest BCUT2D eigenvalue weighted by Crippen LogP contribution is -2.41. The number of nitrogens with zero attached hydrogens (tertiary/aromatic N) is 1. The molecular formula is C24H25N5O2. The minimum absolute atomic E-state index is 0.170. The molecule has 0 saturated carbocycles. The van der Waals surface area contributed by atoms with Gasteiger partial charge in [-0.25, -0.2) is 0 Å². The van der Waals surface area contributed by atoms with E-state index in [2.05, 4.69) is 5.32 Å². The molecule has 2 amide bonds. The minimum Gasteiger partial charge on any atom is -0.398 e. The molecule has 0 aromatic heterocycles. The zero-order chi connectivity index (χ0) is 22.4. The molecular weight excluding hydrogens is 390 g/mol. The molecule has 7 heteroatoms. The Morgan fingerprint density at radius 3 is 2.35 bits per heavy atom. The molecule has 0 unspecified atom stereocenters. The van der Waals surface area contributed by atoms with Crippen LogP contribution in [0.2, 0.25) is 0 Å². The van der Waals surface area contributed by atoms with E-state index in [0.717, 1.165) is 11.1 Å². The largest absolute Gasteiger partial charge is 0.398 e. The van der Waals surface area contributed by atoms with Gasteiger partial charge in [0, 0.05) is 23.5 Å². The summed E-state index contributed by atoms with van der Waals surface area (Å²) in [5.74, 6) is -0.920. The van der Waals surface area contributed by atoms with Gasteiger partial charge in [0.1, 0.15) is 12.4 Å². The number of amides is 2. The van der Waals surface area contributed by atoms with Crippen LogP contribution >= 0.6 is 0 Å². The zero-order valence-electron chi connectivity index (χ0n) is 17.3. The van der Waals surface area contributed by atoms with E-state index in [1.54, 1.807) is 30.3 Å². The standard InChI is InChI=1S/C24H25N5O2/c1-16-7-5-6-8-18(16)14-28-22(30)15-29(19-9-3-2-4-10-19)24(31)20-13-17(23(26)27)11-12-21(20)25/h2-13H,14-15,25H2,1H3,(H3,26,27)(H,28,30). The van der Waals surface area contributed by atoms with Crippen LogP contribution in [-0.4, -0.2) is 24.2 Å². The van der Waals surface area contributed by atoms with Gasteiger partial charge in [0.15, 0.2) is 0 Å². The summed E-state index contributed by atoms with van der Waals surface area (Å²) in [5, 5.41) is 10.5. The summed E-state index contributed by atoms with van der Waals surface area (Å²) in [5.41, 5.74) is 15.0. The normalized spacial score (nSPS) is 10.4. The van der Waals surface area contributed by atoms with Crippen molar-refractivity contribution in [3.05, 3.63) is 95.1 Å². The van der Waals surface area contributed by atoms with Gasteiger partial charge < -0.3 is 16.8 Å². The number of nitrogens with one attached hydrogen (secondary N) is 2. The fourth-order valence-electron chi connectivity index (χ4n) is 3.14. The molecule has 0 fully saturated rings. The van der Waals surface area contributed by atoms with Gasteiger partial charge in [-0.05, 0) is 48.4 Å². The molecule has 0 atom stereocenters. The molecule has 31 heavy (non-hydrogen) atoms. The number of para-hydroxylation sites is 1. The van der Waals surface area contributed by atoms with E-state index in [-0.39, 0.29) is 29.5 Å². The number of hydrogen-bond acceptors (Lipinski definition) is 4. The SMILES string of the molecule is Cc1ccccc1CNC(=O)CN(C(=O)c1cc(C(=N)N)ccc1N)c1ccccc1. The molecule has 3 rings (SSSR count). The highest BCUT2D eigenvalue weighted by atomic mass is 16.2. The number of nitrogens with two attached hydrogens (primary N) is 2. The maximum atomic E-state index is 13.4. The Hall–Kier alpha value is -4.13. The highest BCUT2D eigenvalue weighted by Crippen LogP contribution is 2.21. The number of anilines is 2. The van der Waals surface area contributed by atoms with Gasteiger partial charge in [0.05, 0.1) is 5.56 Å². The van der Waals surface area contributed by atoms with Crippen molar-refractivity contribution >= 4 is 29.0 Å². The molecule has 0 heterocycles. The Morgan fingerprint density at radius 1 is 1.00 bits per heavy atom. The van der Waals surface area contributed by atoms with Gasteiger partial charge in [-0.3, -0.25) is 19.9 Å². The van der Waals surface area contributed by atoms with Crippen LogP contribution in [0.15, 0.2) is 72.8 Å². The van der Waals surface area contributed by atoms with Crippen LogP contribution in [0.25, 0.3) is 0 Å². The van der Waals surface area contributed by atoms with Crippen molar-refractivity contribution in [3.63, 3.8) is 0 Å². The Labute approximate surface area is 181 Å². The maximum absolute atomic E-state index is 13.4. The van der Waals surface area contributed by atoms with Gasteiger partial charge >= 0.3 is 0 Å². The summed E-state index contributed by atoms with van der Waals surface area (Å²) < 4.78 is 0. The molecule has 3 aromatic rings. The predicted molar refractivity (Wildman–Crippen MR) is 123 cm³/mol. The first-order valence-electron chi connectivity index (χ1n) is 9.79. The third-order valence-corrected chi connectivity index (χ3v) is 4.95. The molecule has 0 aliphatic rings. The van der Waals surface area contributed by atoms with Crippen molar-refractivity contribution < 1.29 is 9.59 Å². The van der Waals surface area contributed by atoms with Crippen LogP contribution in [0.3, 0.4) is 0 Å². The van der Waals surface area contributed by atoms with Crippen LogP contribution in [0, 0.1) is 12.3 Å². The molecule has 6 N–H and O–H groups in total. The Bertz CT molecular complexity index is 1110. The molecule has 0 bridgehead atoms. The quantitative estimate of drug-likeness (QED) is 0.269. The summed E-state index contributed by atoms with van der Waals surface area (Å²) in [6.07, 6.45) is 0. The molecule has 0 spiro atoms. The van der Waals surface area contributed by atoms with Crippen LogP contribution in [0.1, 0.15) is 27.0 Å². The zero-order valence-corrected chi connectivity index (χ0v) is 17.3. The van der Waals surface area contributed by atoms with Crippen LogP contribution in [0.4, 0.5) is 11.4 Å². The number of benzene rings is 3. The summed E-state index contributed by atoms with van der Waals surface area (Å²) >= 11 is 0. The number of carbonyl (C=O) groups excluding carboxylic acids is 2. The molecule has 0 aliphatic heterocycles. The Kier molecular flexibility index (Phi) is 6.67. The fraction of sp³-hybridized carbons (Fsp3) is 0.125. The van der Waals surface area contributed by atoms with Gasteiger partial charge in [0.2, 0.25) is 5.91 Å². The van der Waals surface area contributed by atoms with Crippen molar-refractivity contribution in [1.29, 1.82) is 5.41 Å². The molecule has 0 radical (unpaired) electrons. The lowest BCUT2D eigenvalue weighted by atomic mass is 10.1. The Balaban J connectivity index is 1.85. The van der Waals surface area contributed by atoms with Crippen LogP contribution < -0.4 is 21.7 Å². The number of aryl methyl sites for hydroxylation is 1. The van der Waals surface area contributed by atoms with Crippen LogP contribution in [-0.2, 0) is 11.3 Å². The highest BCUT2D eigenvalue weighted by molar-refractivity contribution is 6.12. The van der Waals surface area contributed by atoms with Crippen molar-refractivity contribution in [2.75, 3.05) is 17.2 Å². The van der Waals surface area contributed by atoms with Crippen molar-refractivity contribution in [2.45, 2.75) is 13.5 Å². The smallest absolute Gasteiger partial charge is 0.260 e. The van der Waals surface area contributed by atoms with E-state index in [0.29, 0.717) is 17.8 Å². The van der Waals surface area contributed by atoms with E-state index >= 15 is 0 Å². The fourth-order valence-corrected chi connectivity index (χ4v) is 3.14. The topological polar surface area (TPSA) is 125 Å². The first kappa shape index (κ1) is 21.6. The highest BCUT2D eigenvalue weighted by Gasteiger charge is 2.23. The summed E-state index contributed by atoms with van der Waals surface area (Å²) in [7, 11) is 0. The lowest BCUT2D eigenvalue weighted by Gasteiger charge is -2.23. The van der Waals surface area contributed by atoms with Crippen molar-refractivity contribution in [2.24, 2.45) is 5.73 Å². The van der Waals surface area contributed by atoms with Gasteiger partial charge in [0.25, 0.3) is 5.91 Å². The molecule has 0 aliphatic carbocycles. The molecule has 3 aromatic carbocycles. The van der Waals surface area contributed by atoms with E-state index in [1.165, 1.54) is 17.0 Å². The van der Waals surface area contributed by atoms with Crippen LogP contribution in [0.5, 0.6) is 0 Å². The first-order chi connectivity index (χ1) is 14.9. The summed E-state index contributed by atoms with van der Waals surface area (Å²) in [6.45, 7) is 2.16. The van der Waals surface area contributed by atoms with Crippen molar-refractivity contribution in [3.8, 4) is 0 Å². The number of carbonyl (C=O) groups is 2. The number of hydrogen-bond donors (Lipinski definition) is 4. The Morgan fingerprint density at radius 2 is 1.68 bits per heavy atom. The van der Waals surface area contributed by atoms with E-state index in [9.17, 15) is 9.59 Å². The molecule has 7 nitrogen and oxygen atoms in total. The summed E-state index contributed by atoms with van der Waals surface area (Å²) in [4.78, 5) is 27.4. The van der Waals surface area contributed by atoms with Gasteiger partial charge in [-0.15, -0.1) is 0 Å². The second kappa shape index (κ2) is 9.58. The number of amidine groups is 1. The van der Waals surface area contributed by atoms with E-state index < -0.39 is 5.91 Å². The molecule has 0 saturated heterocycles. The first-order valence-corrected chi connectivity index (χ1v) is 9.79. The number of nitrogen functional groups attached to an aromatic ring is 2. The third-order valence-electron chi connectivity index (χ3n) is 4.95. The average Bonchev–Trinajstić information content (AvgIpc) is 2.77. The van der Waals surface area contributed by atoms with Crippen molar-refractivity contribution in [1.82, 2.24) is 5.32 Å². The van der Waals surface area contributed by atoms with Gasteiger partial charge in [-0.1, -0.05) is 42.5 Å². The maximum Gasteiger partial charge on any atom is 0.260 e. The number of rotatable bonds is 7. The average molecular weight is 415 g/mol. The van der Waals surface area contributed by atoms with E-state index in [4.69, 9.17) is 16.9 Å². The monoisotopic (exact) mass is 415 g/mol. The second-order valence-electron chi connectivity index (χ2n) is 7.15. The molecule has 158 valence electrons. The van der Waals surface area contributed by atoms with Gasteiger partial charge in [-0.2, -0.15) is 0 Å².